The number of benzene rings is 3. The monoisotopic (exact) mass is 274 g/mol. The van der Waals surface area contributed by atoms with Crippen molar-refractivity contribution in [2.75, 3.05) is 12.4 Å². The van der Waals surface area contributed by atoms with Gasteiger partial charge in [-0.15, -0.1) is 0 Å². The van der Waals surface area contributed by atoms with Crippen LogP contribution in [-0.2, 0) is 0 Å². The van der Waals surface area contributed by atoms with E-state index in [4.69, 9.17) is 4.74 Å². The number of anilines is 2. The van der Waals surface area contributed by atoms with Gasteiger partial charge in [0.1, 0.15) is 5.75 Å². The molecule has 0 aliphatic rings. The fraction of sp³-hybridized carbons (Fsp3) is 0.0556. The van der Waals surface area contributed by atoms with Crippen LogP contribution in [0.15, 0.2) is 60.7 Å². The molecule has 21 heavy (non-hydrogen) atoms. The molecule has 0 fully saturated rings. The maximum Gasteiger partial charge on any atom is 0.119 e. The Balaban J connectivity index is 2.02. The molecule has 0 spiro atoms. The average Bonchev–Trinajstić information content (AvgIpc) is 2.56. The fourth-order valence-electron chi connectivity index (χ4n) is 2.34. The van der Waals surface area contributed by atoms with Gasteiger partial charge >= 0.3 is 0 Å². The molecule has 102 valence electrons. The molecule has 1 N–H and O–H groups in total. The van der Waals surface area contributed by atoms with E-state index in [0.717, 1.165) is 27.9 Å². The minimum atomic E-state index is 0.686. The minimum absolute atomic E-state index is 0.686. The van der Waals surface area contributed by atoms with E-state index in [9.17, 15) is 5.26 Å². The van der Waals surface area contributed by atoms with E-state index in [-0.39, 0.29) is 0 Å². The number of fused-ring (bicyclic) bond motifs is 1. The van der Waals surface area contributed by atoms with Crippen LogP contribution in [0.1, 0.15) is 5.56 Å². The predicted molar refractivity (Wildman–Crippen MR) is 84.9 cm³/mol. The van der Waals surface area contributed by atoms with Gasteiger partial charge in [-0.25, -0.2) is 0 Å². The highest BCUT2D eigenvalue weighted by Crippen LogP contribution is 2.29. The van der Waals surface area contributed by atoms with E-state index < -0.39 is 0 Å². The van der Waals surface area contributed by atoms with E-state index in [0.29, 0.717) is 5.56 Å². The van der Waals surface area contributed by atoms with Crippen molar-refractivity contribution < 1.29 is 4.74 Å². The Morgan fingerprint density at radius 2 is 1.62 bits per heavy atom. The first-order valence-corrected chi connectivity index (χ1v) is 6.65. The normalized spacial score (nSPS) is 10.1. The van der Waals surface area contributed by atoms with Crippen molar-refractivity contribution in [3.63, 3.8) is 0 Å². The van der Waals surface area contributed by atoms with Crippen LogP contribution in [0.4, 0.5) is 11.4 Å². The highest BCUT2D eigenvalue weighted by atomic mass is 16.5. The summed E-state index contributed by atoms with van der Waals surface area (Å²) in [6.07, 6.45) is 0. The fourth-order valence-corrected chi connectivity index (χ4v) is 2.34. The first kappa shape index (κ1) is 13.0. The van der Waals surface area contributed by atoms with E-state index in [1.165, 1.54) is 0 Å². The lowest BCUT2D eigenvalue weighted by Gasteiger charge is -2.11. The quantitative estimate of drug-likeness (QED) is 0.766. The molecule has 3 aromatic carbocycles. The number of hydrogen-bond donors (Lipinski definition) is 1. The Morgan fingerprint density at radius 3 is 2.29 bits per heavy atom. The van der Waals surface area contributed by atoms with Crippen LogP contribution < -0.4 is 10.1 Å². The molecule has 0 radical (unpaired) electrons. The molecule has 3 rings (SSSR count). The zero-order valence-corrected chi connectivity index (χ0v) is 11.6. The zero-order valence-electron chi connectivity index (χ0n) is 11.6. The number of hydrogen-bond acceptors (Lipinski definition) is 3. The van der Waals surface area contributed by atoms with Crippen molar-refractivity contribution in [3.8, 4) is 11.8 Å². The molecule has 0 aliphatic carbocycles. The van der Waals surface area contributed by atoms with Crippen LogP contribution in [0.25, 0.3) is 10.8 Å². The highest BCUT2D eigenvalue weighted by molar-refractivity contribution is 5.98. The lowest BCUT2D eigenvalue weighted by atomic mass is 10.0. The molecule has 3 nitrogen and oxygen atoms in total. The number of nitrogens with zero attached hydrogens (tertiary/aromatic N) is 1. The Labute approximate surface area is 123 Å². The average molecular weight is 274 g/mol. The number of nitrogens with one attached hydrogen (secondary N) is 1. The molecule has 0 aliphatic heterocycles. The number of rotatable bonds is 3. The predicted octanol–water partition coefficient (Wildman–Crippen LogP) is 4.46. The second-order valence-electron chi connectivity index (χ2n) is 4.67. The second-order valence-corrected chi connectivity index (χ2v) is 4.67. The van der Waals surface area contributed by atoms with Gasteiger partial charge in [-0.3, -0.25) is 0 Å². The van der Waals surface area contributed by atoms with Gasteiger partial charge in [0.05, 0.1) is 18.7 Å². The summed E-state index contributed by atoms with van der Waals surface area (Å²) in [7, 11) is 1.65. The van der Waals surface area contributed by atoms with Gasteiger partial charge in [-0.2, -0.15) is 5.26 Å². The van der Waals surface area contributed by atoms with Crippen molar-refractivity contribution in [1.29, 1.82) is 5.26 Å². The maximum atomic E-state index is 9.19. The molecular weight excluding hydrogens is 260 g/mol. The molecule has 0 heterocycles. The lowest BCUT2D eigenvalue weighted by molar-refractivity contribution is 0.415. The molecule has 3 aromatic rings. The number of nitriles is 1. The van der Waals surface area contributed by atoms with Crippen molar-refractivity contribution >= 4 is 22.1 Å². The summed E-state index contributed by atoms with van der Waals surface area (Å²) in [5.41, 5.74) is 2.64. The number of ether oxygens (including phenoxy) is 1. The largest absolute Gasteiger partial charge is 0.497 e. The van der Waals surface area contributed by atoms with Gasteiger partial charge in [0.15, 0.2) is 0 Å². The number of methoxy groups -OCH3 is 1. The maximum absolute atomic E-state index is 9.19. The van der Waals surface area contributed by atoms with E-state index in [2.05, 4.69) is 11.4 Å². The van der Waals surface area contributed by atoms with Crippen molar-refractivity contribution in [1.82, 2.24) is 0 Å². The van der Waals surface area contributed by atoms with Gasteiger partial charge in [0.25, 0.3) is 0 Å². The van der Waals surface area contributed by atoms with Gasteiger partial charge in [-0.05, 0) is 36.4 Å². The Kier molecular flexibility index (Phi) is 3.44. The molecular formula is C18H14N2O. The molecule has 0 saturated carbocycles. The molecule has 0 aromatic heterocycles. The molecule has 0 amide bonds. The smallest absolute Gasteiger partial charge is 0.119 e. The van der Waals surface area contributed by atoms with Crippen LogP contribution in [0.3, 0.4) is 0 Å². The van der Waals surface area contributed by atoms with Crippen molar-refractivity contribution in [2.45, 2.75) is 0 Å². The topological polar surface area (TPSA) is 45.0 Å². The SMILES string of the molecule is COc1ccc(Nc2ccc(C#N)c3ccccc23)cc1. The summed E-state index contributed by atoms with van der Waals surface area (Å²) in [5, 5.41) is 14.6. The third-order valence-electron chi connectivity index (χ3n) is 3.41. The van der Waals surface area contributed by atoms with Gasteiger partial charge in [-0.1, -0.05) is 24.3 Å². The van der Waals surface area contributed by atoms with Crippen molar-refractivity contribution in [2.24, 2.45) is 0 Å². The third-order valence-corrected chi connectivity index (χ3v) is 3.41. The first-order valence-electron chi connectivity index (χ1n) is 6.65. The summed E-state index contributed by atoms with van der Waals surface area (Å²) < 4.78 is 5.16. The summed E-state index contributed by atoms with van der Waals surface area (Å²) in [4.78, 5) is 0. The molecule has 0 atom stereocenters. The Hall–Kier alpha value is -2.99. The van der Waals surface area contributed by atoms with Crippen LogP contribution in [0.2, 0.25) is 0 Å². The van der Waals surface area contributed by atoms with Crippen LogP contribution in [0.5, 0.6) is 5.75 Å². The van der Waals surface area contributed by atoms with E-state index in [1.54, 1.807) is 7.11 Å². The Bertz CT molecular complexity index is 817. The first-order chi connectivity index (χ1) is 10.3. The minimum Gasteiger partial charge on any atom is -0.497 e. The van der Waals surface area contributed by atoms with Gasteiger partial charge in [0.2, 0.25) is 0 Å². The summed E-state index contributed by atoms with van der Waals surface area (Å²) in [6, 6.07) is 21.7. The Morgan fingerprint density at radius 1 is 0.905 bits per heavy atom. The lowest BCUT2D eigenvalue weighted by Crippen LogP contribution is -1.93. The molecule has 3 heteroatoms. The second kappa shape index (κ2) is 5.56. The summed E-state index contributed by atoms with van der Waals surface area (Å²) in [6.45, 7) is 0. The van der Waals surface area contributed by atoms with Gasteiger partial charge < -0.3 is 10.1 Å². The highest BCUT2D eigenvalue weighted by Gasteiger charge is 2.05. The van der Waals surface area contributed by atoms with Crippen LogP contribution in [0, 0.1) is 11.3 Å². The summed E-state index contributed by atoms with van der Waals surface area (Å²) >= 11 is 0. The van der Waals surface area contributed by atoms with E-state index in [1.807, 2.05) is 60.7 Å². The van der Waals surface area contributed by atoms with Gasteiger partial charge in [0, 0.05) is 22.1 Å². The van der Waals surface area contributed by atoms with Crippen LogP contribution in [-0.4, -0.2) is 7.11 Å². The molecule has 0 saturated heterocycles. The van der Waals surface area contributed by atoms with E-state index >= 15 is 0 Å². The standard InChI is InChI=1S/C18H14N2O/c1-21-15-9-7-14(8-10-15)20-18-11-6-13(12-19)16-4-2-3-5-17(16)18/h2-11,20H,1H3. The van der Waals surface area contributed by atoms with Crippen molar-refractivity contribution in [3.05, 3.63) is 66.2 Å². The summed E-state index contributed by atoms with van der Waals surface area (Å²) in [5.74, 6) is 0.824. The van der Waals surface area contributed by atoms with Crippen LogP contribution >= 0.6 is 0 Å². The third kappa shape index (κ3) is 2.52. The molecule has 0 bridgehead atoms. The molecule has 0 unspecified atom stereocenters. The zero-order chi connectivity index (χ0) is 14.7.